The molecule has 1 aromatic heterocycles. The third-order valence-electron chi connectivity index (χ3n) is 7.62. The van der Waals surface area contributed by atoms with E-state index >= 15 is 4.39 Å². The minimum absolute atomic E-state index is 0.0199. The Morgan fingerprint density at radius 1 is 1.00 bits per heavy atom. The Balaban J connectivity index is 1.57. The summed E-state index contributed by atoms with van der Waals surface area (Å²) < 4.78 is 30.8. The quantitative estimate of drug-likeness (QED) is 0.369. The molecule has 6 rings (SSSR count). The number of amides is 2. The molecule has 0 spiro atoms. The Hall–Kier alpha value is -4.37. The molecule has 2 aliphatic rings. The molecule has 2 fully saturated rings. The summed E-state index contributed by atoms with van der Waals surface area (Å²) in [5.74, 6) is -1.69. The maximum absolute atomic E-state index is 15.3. The smallest absolute Gasteiger partial charge is 0.266 e. The minimum Gasteiger partial charge on any atom is -0.345 e. The highest BCUT2D eigenvalue weighted by Gasteiger charge is 2.35. The normalized spacial score (nSPS) is 16.2. The number of hydrogen-bond donors (Lipinski definition) is 2. The van der Waals surface area contributed by atoms with E-state index in [1.807, 2.05) is 0 Å². The molecule has 1 atom stereocenters. The molecule has 0 bridgehead atoms. The van der Waals surface area contributed by atoms with Crippen molar-refractivity contribution in [2.45, 2.75) is 25.4 Å². The lowest BCUT2D eigenvalue weighted by Gasteiger charge is -2.30. The van der Waals surface area contributed by atoms with E-state index in [-0.39, 0.29) is 46.9 Å². The second-order valence-electron chi connectivity index (χ2n) is 10.3. The monoisotopic (exact) mass is 542 g/mol. The van der Waals surface area contributed by atoms with Crippen LogP contribution >= 0.6 is 0 Å². The highest BCUT2D eigenvalue weighted by Crippen LogP contribution is 2.41. The van der Waals surface area contributed by atoms with Gasteiger partial charge in [0.25, 0.3) is 11.5 Å². The maximum atomic E-state index is 15.3. The molecular weight excluding hydrogens is 514 g/mol. The first kappa shape index (κ1) is 25.9. The molecule has 40 heavy (non-hydrogen) atoms. The SMILES string of the molecule is O=C(N[C@H](c1cccc(F)c1)C1CC1)c1c(CN2CCNCC2=O)n(-c2ccccc2)c(=O)c2c(F)cccc12. The van der Waals surface area contributed by atoms with Gasteiger partial charge in [0.2, 0.25) is 5.91 Å². The van der Waals surface area contributed by atoms with Gasteiger partial charge in [-0.25, -0.2) is 8.78 Å². The lowest BCUT2D eigenvalue weighted by atomic mass is 9.98. The van der Waals surface area contributed by atoms with Gasteiger partial charge in [-0.3, -0.25) is 19.0 Å². The van der Waals surface area contributed by atoms with Crippen LogP contribution in [0.25, 0.3) is 16.5 Å². The average Bonchev–Trinajstić information content (AvgIpc) is 3.79. The van der Waals surface area contributed by atoms with Crippen LogP contribution in [0.1, 0.15) is 40.5 Å². The van der Waals surface area contributed by atoms with Crippen LogP contribution in [0.3, 0.4) is 0 Å². The van der Waals surface area contributed by atoms with Crippen molar-refractivity contribution in [3.8, 4) is 5.69 Å². The number of carbonyl (C=O) groups is 2. The fourth-order valence-electron chi connectivity index (χ4n) is 5.51. The molecule has 2 amide bonds. The van der Waals surface area contributed by atoms with Gasteiger partial charge in [-0.15, -0.1) is 0 Å². The van der Waals surface area contributed by atoms with Crippen LogP contribution in [-0.2, 0) is 11.3 Å². The van der Waals surface area contributed by atoms with Crippen LogP contribution in [0.4, 0.5) is 8.78 Å². The maximum Gasteiger partial charge on any atom is 0.266 e. The van der Waals surface area contributed by atoms with Crippen LogP contribution in [0.15, 0.2) is 77.6 Å². The fraction of sp³-hybridized carbons (Fsp3) is 0.258. The van der Waals surface area contributed by atoms with Crippen molar-refractivity contribution in [2.24, 2.45) is 5.92 Å². The lowest BCUT2D eigenvalue weighted by molar-refractivity contribution is -0.132. The number of hydrogen-bond acceptors (Lipinski definition) is 4. The van der Waals surface area contributed by atoms with Crippen molar-refractivity contribution in [3.63, 3.8) is 0 Å². The summed E-state index contributed by atoms with van der Waals surface area (Å²) in [6.07, 6.45) is 1.75. The zero-order chi connectivity index (χ0) is 27.8. The average molecular weight is 543 g/mol. The lowest BCUT2D eigenvalue weighted by Crippen LogP contribution is -2.48. The largest absolute Gasteiger partial charge is 0.345 e. The Morgan fingerprint density at radius 2 is 1.77 bits per heavy atom. The standard InChI is InChI=1S/C31H28F2N4O3/c32-21-7-4-6-20(16-21)29(19-12-13-19)35-30(39)28-23-10-5-11-24(33)27(23)31(40)37(22-8-2-1-3-9-22)25(28)18-36-15-14-34-17-26(36)38/h1-11,16,19,29,34H,12-15,17-18H2,(H,35,39)/t29-/m0/s1. The summed E-state index contributed by atoms with van der Waals surface area (Å²) >= 11 is 0. The van der Waals surface area contributed by atoms with Crippen LogP contribution in [0, 0.1) is 17.6 Å². The summed E-state index contributed by atoms with van der Waals surface area (Å²) in [6.45, 7) is 1.07. The van der Waals surface area contributed by atoms with Crippen molar-refractivity contribution in [1.29, 1.82) is 0 Å². The number of nitrogens with one attached hydrogen (secondary N) is 2. The fourth-order valence-corrected chi connectivity index (χ4v) is 5.51. The summed E-state index contributed by atoms with van der Waals surface area (Å²) in [7, 11) is 0. The third kappa shape index (κ3) is 4.88. The molecule has 1 saturated heterocycles. The topological polar surface area (TPSA) is 83.4 Å². The van der Waals surface area contributed by atoms with Gasteiger partial charge in [-0.1, -0.05) is 42.5 Å². The molecule has 1 aliphatic heterocycles. The predicted octanol–water partition coefficient (Wildman–Crippen LogP) is 4.08. The number of carbonyl (C=O) groups excluding carboxylic acids is 2. The number of aromatic nitrogens is 1. The third-order valence-corrected chi connectivity index (χ3v) is 7.62. The van der Waals surface area contributed by atoms with Crippen LogP contribution in [-0.4, -0.2) is 40.9 Å². The Labute approximate surface area is 229 Å². The van der Waals surface area contributed by atoms with Crippen molar-refractivity contribution < 1.29 is 18.4 Å². The Kier molecular flexibility index (Phi) is 6.89. The molecule has 3 aromatic carbocycles. The molecule has 1 aliphatic carbocycles. The predicted molar refractivity (Wildman–Crippen MR) is 147 cm³/mol. The number of piperazine rings is 1. The number of halogens is 2. The van der Waals surface area contributed by atoms with Gasteiger partial charge < -0.3 is 15.5 Å². The first-order chi connectivity index (χ1) is 19.4. The number of para-hydroxylation sites is 1. The van der Waals surface area contributed by atoms with E-state index in [9.17, 15) is 18.8 Å². The van der Waals surface area contributed by atoms with Crippen molar-refractivity contribution in [3.05, 3.63) is 112 Å². The van der Waals surface area contributed by atoms with Crippen LogP contribution in [0.5, 0.6) is 0 Å². The first-order valence-corrected chi connectivity index (χ1v) is 13.4. The van der Waals surface area contributed by atoms with Gasteiger partial charge in [0.15, 0.2) is 0 Å². The first-order valence-electron chi connectivity index (χ1n) is 13.4. The van der Waals surface area contributed by atoms with Crippen molar-refractivity contribution in [2.75, 3.05) is 19.6 Å². The van der Waals surface area contributed by atoms with E-state index in [2.05, 4.69) is 10.6 Å². The number of rotatable bonds is 7. The highest BCUT2D eigenvalue weighted by atomic mass is 19.1. The second-order valence-corrected chi connectivity index (χ2v) is 10.3. The van der Waals surface area contributed by atoms with Gasteiger partial charge in [-0.05, 0) is 54.7 Å². The van der Waals surface area contributed by atoms with E-state index in [4.69, 9.17) is 0 Å². The summed E-state index contributed by atoms with van der Waals surface area (Å²) in [4.78, 5) is 42.6. The van der Waals surface area contributed by atoms with Crippen molar-refractivity contribution >= 4 is 22.6 Å². The van der Waals surface area contributed by atoms with Gasteiger partial charge in [0.1, 0.15) is 11.6 Å². The molecular formula is C31H28F2N4O3. The zero-order valence-electron chi connectivity index (χ0n) is 21.7. The van der Waals surface area contributed by atoms with Crippen LogP contribution in [0.2, 0.25) is 0 Å². The summed E-state index contributed by atoms with van der Waals surface area (Å²) in [6, 6.07) is 18.6. The molecule has 0 unspecified atom stereocenters. The van der Waals surface area contributed by atoms with E-state index in [0.717, 1.165) is 12.8 Å². The molecule has 2 heterocycles. The molecule has 2 N–H and O–H groups in total. The van der Waals surface area contributed by atoms with E-state index < -0.39 is 29.1 Å². The molecule has 9 heteroatoms. The van der Waals surface area contributed by atoms with Crippen molar-refractivity contribution in [1.82, 2.24) is 20.1 Å². The van der Waals surface area contributed by atoms with Gasteiger partial charge in [0.05, 0.1) is 35.8 Å². The zero-order valence-corrected chi connectivity index (χ0v) is 21.7. The molecule has 1 saturated carbocycles. The Morgan fingerprint density at radius 3 is 2.50 bits per heavy atom. The second kappa shape index (κ2) is 10.7. The number of benzene rings is 3. The van der Waals surface area contributed by atoms with E-state index in [1.54, 1.807) is 53.4 Å². The molecule has 4 aromatic rings. The van der Waals surface area contributed by atoms with Crippen LogP contribution < -0.4 is 16.2 Å². The van der Waals surface area contributed by atoms with Gasteiger partial charge >= 0.3 is 0 Å². The summed E-state index contributed by atoms with van der Waals surface area (Å²) in [5.41, 5.74) is 0.884. The number of fused-ring (bicyclic) bond motifs is 1. The molecule has 7 nitrogen and oxygen atoms in total. The Bertz CT molecular complexity index is 1670. The number of pyridine rings is 1. The van der Waals surface area contributed by atoms with Gasteiger partial charge in [0, 0.05) is 24.2 Å². The van der Waals surface area contributed by atoms with E-state index in [0.29, 0.717) is 24.3 Å². The van der Waals surface area contributed by atoms with Gasteiger partial charge in [-0.2, -0.15) is 0 Å². The van der Waals surface area contributed by atoms with E-state index in [1.165, 1.54) is 28.8 Å². The molecule has 204 valence electrons. The summed E-state index contributed by atoms with van der Waals surface area (Å²) in [5, 5.41) is 6.07. The minimum atomic E-state index is -0.741. The highest BCUT2D eigenvalue weighted by molar-refractivity contribution is 6.08. The number of nitrogens with zero attached hydrogens (tertiary/aromatic N) is 2. The molecule has 0 radical (unpaired) electrons.